The standard InChI is InChI=1S/C12H21NO2S/c1-9(2)13(7-10-3-4-10)12(11(14)15)5-6-16-8-12/h9-10H,3-8H2,1-2H3,(H,14,15). The first-order valence-corrected chi connectivity index (χ1v) is 7.29. The zero-order valence-electron chi connectivity index (χ0n) is 10.1. The normalized spacial score (nSPS) is 30.2. The van der Waals surface area contributed by atoms with Gasteiger partial charge in [0.15, 0.2) is 0 Å². The van der Waals surface area contributed by atoms with E-state index in [0.29, 0.717) is 6.04 Å². The minimum Gasteiger partial charge on any atom is -0.480 e. The van der Waals surface area contributed by atoms with Crippen LogP contribution in [0.15, 0.2) is 0 Å². The smallest absolute Gasteiger partial charge is 0.325 e. The Morgan fingerprint density at radius 1 is 1.56 bits per heavy atom. The van der Waals surface area contributed by atoms with Gasteiger partial charge in [0.25, 0.3) is 0 Å². The van der Waals surface area contributed by atoms with Gasteiger partial charge in [0.2, 0.25) is 0 Å². The van der Waals surface area contributed by atoms with Crippen LogP contribution in [0.25, 0.3) is 0 Å². The van der Waals surface area contributed by atoms with E-state index in [1.54, 1.807) is 11.8 Å². The van der Waals surface area contributed by atoms with Gasteiger partial charge in [0.05, 0.1) is 0 Å². The van der Waals surface area contributed by atoms with Crippen molar-refractivity contribution >= 4 is 17.7 Å². The van der Waals surface area contributed by atoms with Crippen molar-refractivity contribution in [2.24, 2.45) is 5.92 Å². The Kier molecular flexibility index (Phi) is 3.50. The van der Waals surface area contributed by atoms with Crippen molar-refractivity contribution in [3.63, 3.8) is 0 Å². The predicted octanol–water partition coefficient (Wildman–Crippen LogP) is 2.07. The zero-order valence-corrected chi connectivity index (χ0v) is 10.9. The Balaban J connectivity index is 2.16. The fourth-order valence-electron chi connectivity index (χ4n) is 2.53. The Morgan fingerprint density at radius 3 is 2.62 bits per heavy atom. The molecule has 1 saturated heterocycles. The average Bonchev–Trinajstić information content (AvgIpc) is 2.90. The van der Waals surface area contributed by atoms with Gasteiger partial charge in [-0.1, -0.05) is 0 Å². The SMILES string of the molecule is CC(C)N(CC1CC1)C1(C(=O)O)CCSC1. The fourth-order valence-corrected chi connectivity index (χ4v) is 3.93. The van der Waals surface area contributed by atoms with Crippen LogP contribution in [0.2, 0.25) is 0 Å². The monoisotopic (exact) mass is 243 g/mol. The second-order valence-corrected chi connectivity index (χ2v) is 6.43. The van der Waals surface area contributed by atoms with Gasteiger partial charge in [-0.3, -0.25) is 9.69 Å². The van der Waals surface area contributed by atoms with Crippen molar-refractivity contribution in [1.82, 2.24) is 4.90 Å². The van der Waals surface area contributed by atoms with E-state index in [9.17, 15) is 9.90 Å². The molecule has 2 fully saturated rings. The molecule has 2 rings (SSSR count). The van der Waals surface area contributed by atoms with Crippen molar-refractivity contribution in [3.05, 3.63) is 0 Å². The van der Waals surface area contributed by atoms with E-state index in [1.807, 2.05) is 0 Å². The predicted molar refractivity (Wildman–Crippen MR) is 66.9 cm³/mol. The molecule has 1 aliphatic carbocycles. The van der Waals surface area contributed by atoms with Crippen LogP contribution in [0.4, 0.5) is 0 Å². The fraction of sp³-hybridized carbons (Fsp3) is 0.917. The molecule has 0 aromatic heterocycles. The Hall–Kier alpha value is -0.220. The molecule has 2 aliphatic rings. The molecule has 1 saturated carbocycles. The molecule has 0 radical (unpaired) electrons. The number of carboxylic acid groups (broad SMARTS) is 1. The van der Waals surface area contributed by atoms with Gasteiger partial charge < -0.3 is 5.11 Å². The molecule has 0 spiro atoms. The van der Waals surface area contributed by atoms with Gasteiger partial charge in [-0.25, -0.2) is 0 Å². The lowest BCUT2D eigenvalue weighted by Crippen LogP contribution is -2.58. The summed E-state index contributed by atoms with van der Waals surface area (Å²) in [6, 6.07) is 0.329. The third-order valence-electron chi connectivity index (χ3n) is 3.72. The maximum Gasteiger partial charge on any atom is 0.325 e. The van der Waals surface area contributed by atoms with Crippen LogP contribution in [0, 0.1) is 5.92 Å². The molecular weight excluding hydrogens is 222 g/mol. The van der Waals surface area contributed by atoms with Crippen LogP contribution in [0.3, 0.4) is 0 Å². The maximum atomic E-state index is 11.6. The van der Waals surface area contributed by atoms with Gasteiger partial charge in [0.1, 0.15) is 5.54 Å². The highest BCUT2D eigenvalue weighted by Gasteiger charge is 2.49. The van der Waals surface area contributed by atoms with E-state index in [-0.39, 0.29) is 0 Å². The lowest BCUT2D eigenvalue weighted by molar-refractivity contribution is -0.151. The van der Waals surface area contributed by atoms with Crippen molar-refractivity contribution in [2.45, 2.75) is 44.7 Å². The van der Waals surface area contributed by atoms with Gasteiger partial charge in [-0.15, -0.1) is 0 Å². The zero-order chi connectivity index (χ0) is 11.8. The van der Waals surface area contributed by atoms with E-state index < -0.39 is 11.5 Å². The molecule has 3 nitrogen and oxygen atoms in total. The molecule has 4 heteroatoms. The highest BCUT2D eigenvalue weighted by Crippen LogP contribution is 2.39. The second kappa shape index (κ2) is 4.57. The van der Waals surface area contributed by atoms with E-state index in [1.165, 1.54) is 12.8 Å². The first-order valence-electron chi connectivity index (χ1n) is 6.14. The van der Waals surface area contributed by atoms with Gasteiger partial charge >= 0.3 is 5.97 Å². The second-order valence-electron chi connectivity index (χ2n) is 5.33. The molecule has 1 N–H and O–H groups in total. The van der Waals surface area contributed by atoms with Gasteiger partial charge in [-0.2, -0.15) is 11.8 Å². The van der Waals surface area contributed by atoms with Crippen molar-refractivity contribution in [1.29, 1.82) is 0 Å². The Bertz CT molecular complexity index is 270. The third-order valence-corrected chi connectivity index (χ3v) is 4.90. The van der Waals surface area contributed by atoms with Gasteiger partial charge in [0, 0.05) is 18.3 Å². The first kappa shape index (κ1) is 12.2. The lowest BCUT2D eigenvalue weighted by atomic mass is 9.94. The van der Waals surface area contributed by atoms with E-state index in [2.05, 4.69) is 18.7 Å². The number of hydrogen-bond acceptors (Lipinski definition) is 3. The molecule has 16 heavy (non-hydrogen) atoms. The number of thioether (sulfide) groups is 1. The highest BCUT2D eigenvalue weighted by molar-refractivity contribution is 7.99. The molecule has 92 valence electrons. The van der Waals surface area contributed by atoms with Crippen LogP contribution in [-0.4, -0.2) is 45.6 Å². The number of aliphatic carboxylic acids is 1. The summed E-state index contributed by atoms with van der Waals surface area (Å²) in [4.78, 5) is 13.9. The topological polar surface area (TPSA) is 40.5 Å². The quantitative estimate of drug-likeness (QED) is 0.802. The molecule has 1 aliphatic heterocycles. The highest BCUT2D eigenvalue weighted by atomic mass is 32.2. The largest absolute Gasteiger partial charge is 0.480 e. The van der Waals surface area contributed by atoms with E-state index in [0.717, 1.165) is 30.4 Å². The molecule has 1 unspecified atom stereocenters. The molecule has 0 amide bonds. The number of nitrogens with zero attached hydrogens (tertiary/aromatic N) is 1. The third kappa shape index (κ3) is 2.23. The minimum absolute atomic E-state index is 0.329. The number of hydrogen-bond donors (Lipinski definition) is 1. The summed E-state index contributed by atoms with van der Waals surface area (Å²) in [6.45, 7) is 5.22. The molecule has 0 aromatic carbocycles. The molecule has 0 aromatic rings. The van der Waals surface area contributed by atoms with Gasteiger partial charge in [-0.05, 0) is 44.8 Å². The number of carbonyl (C=O) groups is 1. The summed E-state index contributed by atoms with van der Waals surface area (Å²) in [5.41, 5.74) is -0.582. The van der Waals surface area contributed by atoms with Crippen LogP contribution >= 0.6 is 11.8 Å². The van der Waals surface area contributed by atoms with E-state index >= 15 is 0 Å². The first-order chi connectivity index (χ1) is 7.56. The lowest BCUT2D eigenvalue weighted by Gasteiger charge is -2.40. The van der Waals surface area contributed by atoms with Crippen LogP contribution < -0.4 is 0 Å². The van der Waals surface area contributed by atoms with Crippen molar-refractivity contribution < 1.29 is 9.90 Å². The molecule has 1 atom stereocenters. The van der Waals surface area contributed by atoms with Crippen LogP contribution in [0.5, 0.6) is 0 Å². The summed E-state index contributed by atoms with van der Waals surface area (Å²) < 4.78 is 0. The van der Waals surface area contributed by atoms with Crippen molar-refractivity contribution in [3.8, 4) is 0 Å². The summed E-state index contributed by atoms with van der Waals surface area (Å²) in [7, 11) is 0. The van der Waals surface area contributed by atoms with Crippen LogP contribution in [-0.2, 0) is 4.79 Å². The minimum atomic E-state index is -0.619. The Labute approximate surface area is 102 Å². The summed E-state index contributed by atoms with van der Waals surface area (Å²) in [5.74, 6) is 1.88. The number of rotatable bonds is 5. The number of carboxylic acids is 1. The van der Waals surface area contributed by atoms with Crippen LogP contribution in [0.1, 0.15) is 33.1 Å². The van der Waals surface area contributed by atoms with E-state index in [4.69, 9.17) is 0 Å². The Morgan fingerprint density at radius 2 is 2.25 bits per heavy atom. The average molecular weight is 243 g/mol. The molecule has 0 bridgehead atoms. The molecule has 1 heterocycles. The summed E-state index contributed by atoms with van der Waals surface area (Å²) >= 11 is 1.78. The summed E-state index contributed by atoms with van der Waals surface area (Å²) in [6.07, 6.45) is 3.37. The maximum absolute atomic E-state index is 11.6. The molecular formula is C12H21NO2S. The summed E-state index contributed by atoms with van der Waals surface area (Å²) in [5, 5.41) is 9.56. The van der Waals surface area contributed by atoms with Crippen molar-refractivity contribution in [2.75, 3.05) is 18.1 Å².